The third-order valence-electron chi connectivity index (χ3n) is 3.82. The maximum absolute atomic E-state index is 12.7. The van der Waals surface area contributed by atoms with Crippen molar-refractivity contribution in [1.29, 1.82) is 0 Å². The molecule has 1 fully saturated rings. The molecule has 2 heteroatoms. The summed E-state index contributed by atoms with van der Waals surface area (Å²) >= 11 is 0. The number of hydrogen-bond acceptors (Lipinski definition) is 1. The number of amides is 1. The van der Waals surface area contributed by atoms with E-state index in [9.17, 15) is 4.79 Å². The quantitative estimate of drug-likeness (QED) is 0.769. The Morgan fingerprint density at radius 2 is 1.65 bits per heavy atom. The van der Waals surface area contributed by atoms with E-state index < -0.39 is 0 Å². The molecular formula is C18H27NO. The van der Waals surface area contributed by atoms with E-state index in [4.69, 9.17) is 0 Å². The van der Waals surface area contributed by atoms with Gasteiger partial charge in [-0.15, -0.1) is 0 Å². The van der Waals surface area contributed by atoms with Crippen LogP contribution < -0.4 is 0 Å². The summed E-state index contributed by atoms with van der Waals surface area (Å²) in [5.41, 5.74) is 1.32. The molecule has 0 N–H and O–H groups in total. The SMILES string of the molecule is CC(C)CN(CC(C)C)C(=O)[C@H]1C[C@H]1c1ccccc1. The van der Waals surface area contributed by atoms with Crippen molar-refractivity contribution in [3.8, 4) is 0 Å². The molecule has 1 aliphatic carbocycles. The van der Waals surface area contributed by atoms with Crippen molar-refractivity contribution < 1.29 is 4.79 Å². The van der Waals surface area contributed by atoms with Gasteiger partial charge in [-0.3, -0.25) is 4.79 Å². The Balaban J connectivity index is 1.99. The molecule has 2 nitrogen and oxygen atoms in total. The average molecular weight is 273 g/mol. The monoisotopic (exact) mass is 273 g/mol. The maximum atomic E-state index is 12.7. The highest BCUT2D eigenvalue weighted by molar-refractivity contribution is 5.83. The van der Waals surface area contributed by atoms with E-state index in [2.05, 4.69) is 56.9 Å². The van der Waals surface area contributed by atoms with Crippen LogP contribution in [0.5, 0.6) is 0 Å². The fourth-order valence-corrected chi connectivity index (χ4v) is 2.91. The van der Waals surface area contributed by atoms with Gasteiger partial charge in [-0.25, -0.2) is 0 Å². The van der Waals surface area contributed by atoms with E-state index in [0.29, 0.717) is 23.7 Å². The topological polar surface area (TPSA) is 20.3 Å². The molecule has 1 aromatic carbocycles. The van der Waals surface area contributed by atoms with Crippen molar-refractivity contribution in [3.63, 3.8) is 0 Å². The maximum Gasteiger partial charge on any atom is 0.226 e. The third-order valence-corrected chi connectivity index (χ3v) is 3.82. The predicted molar refractivity (Wildman–Crippen MR) is 83.5 cm³/mol. The van der Waals surface area contributed by atoms with Crippen molar-refractivity contribution in [2.75, 3.05) is 13.1 Å². The molecule has 2 atom stereocenters. The molecule has 0 spiro atoms. The molecule has 2 rings (SSSR count). The molecular weight excluding hydrogens is 246 g/mol. The van der Waals surface area contributed by atoms with E-state index in [1.54, 1.807) is 0 Å². The highest BCUT2D eigenvalue weighted by Gasteiger charge is 2.45. The summed E-state index contributed by atoms with van der Waals surface area (Å²) in [5.74, 6) is 2.10. The first-order chi connectivity index (χ1) is 9.49. The van der Waals surface area contributed by atoms with Gasteiger partial charge in [-0.1, -0.05) is 58.0 Å². The Morgan fingerprint density at radius 3 is 2.15 bits per heavy atom. The largest absolute Gasteiger partial charge is 0.342 e. The molecule has 20 heavy (non-hydrogen) atoms. The Bertz CT molecular complexity index is 428. The Hall–Kier alpha value is -1.31. The minimum absolute atomic E-state index is 0.217. The van der Waals surface area contributed by atoms with Crippen molar-refractivity contribution in [3.05, 3.63) is 35.9 Å². The molecule has 1 saturated carbocycles. The van der Waals surface area contributed by atoms with E-state index in [-0.39, 0.29) is 5.92 Å². The van der Waals surface area contributed by atoms with Gasteiger partial charge >= 0.3 is 0 Å². The lowest BCUT2D eigenvalue weighted by Gasteiger charge is -2.26. The van der Waals surface area contributed by atoms with Crippen LogP contribution in [0.1, 0.15) is 45.6 Å². The lowest BCUT2D eigenvalue weighted by Crippen LogP contribution is -2.38. The Morgan fingerprint density at radius 1 is 1.10 bits per heavy atom. The minimum atomic E-state index is 0.217. The van der Waals surface area contributed by atoms with Crippen LogP contribution in [0.2, 0.25) is 0 Å². The summed E-state index contributed by atoms with van der Waals surface area (Å²) in [7, 11) is 0. The molecule has 110 valence electrons. The number of benzene rings is 1. The first-order valence-electron chi connectivity index (χ1n) is 7.82. The van der Waals surface area contributed by atoms with Crippen LogP contribution in [0.3, 0.4) is 0 Å². The summed E-state index contributed by atoms with van der Waals surface area (Å²) in [5, 5.41) is 0. The fraction of sp³-hybridized carbons (Fsp3) is 0.611. The summed E-state index contributed by atoms with van der Waals surface area (Å²) < 4.78 is 0. The summed E-state index contributed by atoms with van der Waals surface area (Å²) in [6, 6.07) is 10.5. The molecule has 0 radical (unpaired) electrons. The smallest absolute Gasteiger partial charge is 0.226 e. The number of rotatable bonds is 6. The molecule has 1 aliphatic rings. The van der Waals surface area contributed by atoms with Gasteiger partial charge in [0.1, 0.15) is 0 Å². The third kappa shape index (κ3) is 3.84. The molecule has 1 amide bonds. The van der Waals surface area contributed by atoms with Crippen LogP contribution in [-0.2, 0) is 4.79 Å². The normalized spacial score (nSPS) is 21.3. The summed E-state index contributed by atoms with van der Waals surface area (Å²) in [4.78, 5) is 14.8. The molecule has 0 aliphatic heterocycles. The zero-order chi connectivity index (χ0) is 14.7. The highest BCUT2D eigenvalue weighted by atomic mass is 16.2. The summed E-state index contributed by atoms with van der Waals surface area (Å²) in [6.45, 7) is 10.5. The van der Waals surface area contributed by atoms with Crippen molar-refractivity contribution >= 4 is 5.91 Å². The lowest BCUT2D eigenvalue weighted by molar-refractivity contribution is -0.133. The first kappa shape index (κ1) is 15.1. The second-order valence-electron chi connectivity index (χ2n) is 6.89. The second-order valence-corrected chi connectivity index (χ2v) is 6.89. The van der Waals surface area contributed by atoms with Crippen LogP contribution in [0.25, 0.3) is 0 Å². The lowest BCUT2D eigenvalue weighted by atomic mass is 10.1. The Kier molecular flexibility index (Phi) is 4.85. The van der Waals surface area contributed by atoms with Gasteiger partial charge in [0.2, 0.25) is 5.91 Å². The summed E-state index contributed by atoms with van der Waals surface area (Å²) in [6.07, 6.45) is 1.02. The predicted octanol–water partition coefficient (Wildman–Crippen LogP) is 3.93. The van der Waals surface area contributed by atoms with Gasteiger partial charge in [0.25, 0.3) is 0 Å². The van der Waals surface area contributed by atoms with Gasteiger partial charge in [0.15, 0.2) is 0 Å². The zero-order valence-electron chi connectivity index (χ0n) is 13.2. The average Bonchev–Trinajstić information content (AvgIpc) is 3.17. The molecule has 0 aromatic heterocycles. The van der Waals surface area contributed by atoms with Crippen molar-refractivity contribution in [1.82, 2.24) is 4.90 Å². The number of hydrogen-bond donors (Lipinski definition) is 0. The van der Waals surface area contributed by atoms with Gasteiger partial charge in [-0.05, 0) is 29.7 Å². The standard InChI is InChI=1S/C18H27NO/c1-13(2)11-19(12-14(3)4)18(20)17-10-16(17)15-8-6-5-7-9-15/h5-9,13-14,16-17H,10-12H2,1-4H3/t16-,17-/m0/s1. The van der Waals surface area contributed by atoms with E-state index in [1.807, 2.05) is 6.07 Å². The molecule has 0 heterocycles. The van der Waals surface area contributed by atoms with Crippen molar-refractivity contribution in [2.24, 2.45) is 17.8 Å². The number of carbonyl (C=O) groups is 1. The highest BCUT2D eigenvalue weighted by Crippen LogP contribution is 2.48. The molecule has 1 aromatic rings. The zero-order valence-corrected chi connectivity index (χ0v) is 13.2. The van der Waals surface area contributed by atoms with Gasteiger partial charge < -0.3 is 4.90 Å². The van der Waals surface area contributed by atoms with Crippen LogP contribution in [0.4, 0.5) is 0 Å². The Labute approximate surface area is 123 Å². The minimum Gasteiger partial charge on any atom is -0.342 e. The van der Waals surface area contributed by atoms with Crippen LogP contribution in [-0.4, -0.2) is 23.9 Å². The van der Waals surface area contributed by atoms with E-state index in [0.717, 1.165) is 19.5 Å². The number of carbonyl (C=O) groups excluding carboxylic acids is 1. The number of nitrogens with zero attached hydrogens (tertiary/aromatic N) is 1. The second kappa shape index (κ2) is 6.43. The van der Waals surface area contributed by atoms with Crippen molar-refractivity contribution in [2.45, 2.75) is 40.0 Å². The molecule has 0 unspecified atom stereocenters. The molecule has 0 bridgehead atoms. The fourth-order valence-electron chi connectivity index (χ4n) is 2.91. The van der Waals surface area contributed by atoms with Gasteiger partial charge in [0.05, 0.1) is 0 Å². The molecule has 0 saturated heterocycles. The van der Waals surface area contributed by atoms with Crippen LogP contribution in [0, 0.1) is 17.8 Å². The van der Waals surface area contributed by atoms with Crippen LogP contribution >= 0.6 is 0 Å². The van der Waals surface area contributed by atoms with Gasteiger partial charge in [-0.2, -0.15) is 0 Å². The van der Waals surface area contributed by atoms with E-state index >= 15 is 0 Å². The van der Waals surface area contributed by atoms with E-state index in [1.165, 1.54) is 5.56 Å². The van der Waals surface area contributed by atoms with Crippen LogP contribution in [0.15, 0.2) is 30.3 Å². The van der Waals surface area contributed by atoms with Gasteiger partial charge in [0, 0.05) is 19.0 Å². The first-order valence-corrected chi connectivity index (χ1v) is 7.82.